The third kappa shape index (κ3) is 5.95. The Hall–Kier alpha value is -3.96. The van der Waals surface area contributed by atoms with Gasteiger partial charge in [0.15, 0.2) is 0 Å². The van der Waals surface area contributed by atoms with Gasteiger partial charge in [0, 0.05) is 42.5 Å². The SMILES string of the molecule is CCOC(=O)c1ccc(Oc2cc(-c3c(CC)cccc3CC)nc(C)c2CN2CCc3ccccc3C2)cc1. The first kappa shape index (κ1) is 27.6. The van der Waals surface area contributed by atoms with Crippen LogP contribution in [0.1, 0.15) is 64.6 Å². The summed E-state index contributed by atoms with van der Waals surface area (Å²) in [7, 11) is 0. The number of pyridine rings is 1. The minimum atomic E-state index is -0.328. The van der Waals surface area contributed by atoms with Gasteiger partial charge in [-0.1, -0.05) is 56.3 Å². The van der Waals surface area contributed by atoms with E-state index < -0.39 is 0 Å². The molecule has 4 aromatic rings. The van der Waals surface area contributed by atoms with Crippen LogP contribution in [0.2, 0.25) is 0 Å². The van der Waals surface area contributed by atoms with E-state index in [2.05, 4.69) is 74.2 Å². The molecule has 3 aromatic carbocycles. The Balaban J connectivity index is 1.53. The number of carbonyl (C=O) groups excluding carboxylic acids is 1. The molecule has 0 unspecified atom stereocenters. The molecular weight excluding hydrogens is 496 g/mol. The van der Waals surface area contributed by atoms with E-state index in [0.29, 0.717) is 17.9 Å². The quantitative estimate of drug-likeness (QED) is 0.206. The molecule has 2 heterocycles. The average molecular weight is 535 g/mol. The summed E-state index contributed by atoms with van der Waals surface area (Å²) in [6, 6.07) is 24.5. The number of esters is 1. The Morgan fingerprint density at radius 3 is 2.27 bits per heavy atom. The number of rotatable bonds is 9. The summed E-state index contributed by atoms with van der Waals surface area (Å²) in [6.07, 6.45) is 2.91. The first-order valence-corrected chi connectivity index (χ1v) is 14.4. The number of aromatic nitrogens is 1. The first-order chi connectivity index (χ1) is 19.5. The highest BCUT2D eigenvalue weighted by molar-refractivity contribution is 5.89. The Morgan fingerprint density at radius 2 is 1.60 bits per heavy atom. The molecular formula is C35H38N2O3. The van der Waals surface area contributed by atoms with E-state index in [-0.39, 0.29) is 5.97 Å². The van der Waals surface area contributed by atoms with Crippen molar-refractivity contribution >= 4 is 5.97 Å². The lowest BCUT2D eigenvalue weighted by Crippen LogP contribution is -2.30. The molecule has 0 aliphatic carbocycles. The van der Waals surface area contributed by atoms with Crippen LogP contribution in [0.5, 0.6) is 11.5 Å². The maximum absolute atomic E-state index is 12.2. The van der Waals surface area contributed by atoms with Crippen molar-refractivity contribution in [2.45, 2.75) is 60.0 Å². The second kappa shape index (κ2) is 12.5. The summed E-state index contributed by atoms with van der Waals surface area (Å²) in [4.78, 5) is 19.8. The van der Waals surface area contributed by atoms with Crippen molar-refractivity contribution in [3.8, 4) is 22.8 Å². The van der Waals surface area contributed by atoms with Gasteiger partial charge in [-0.2, -0.15) is 0 Å². The lowest BCUT2D eigenvalue weighted by molar-refractivity contribution is 0.0526. The van der Waals surface area contributed by atoms with Crippen LogP contribution in [0.3, 0.4) is 0 Å². The molecule has 1 aliphatic rings. The summed E-state index contributed by atoms with van der Waals surface area (Å²) >= 11 is 0. The number of ether oxygens (including phenoxy) is 2. The Labute approximate surface area is 237 Å². The summed E-state index contributed by atoms with van der Waals surface area (Å²) in [6.45, 7) is 11.3. The van der Waals surface area contributed by atoms with E-state index in [4.69, 9.17) is 14.5 Å². The van der Waals surface area contributed by atoms with Crippen LogP contribution in [-0.4, -0.2) is 29.0 Å². The molecule has 0 N–H and O–H groups in total. The van der Waals surface area contributed by atoms with Gasteiger partial charge in [-0.3, -0.25) is 9.88 Å². The average Bonchev–Trinajstić information content (AvgIpc) is 2.98. The van der Waals surface area contributed by atoms with E-state index in [1.54, 1.807) is 12.1 Å². The minimum Gasteiger partial charge on any atom is -0.462 e. The predicted octanol–water partition coefficient (Wildman–Crippen LogP) is 7.71. The zero-order valence-electron chi connectivity index (χ0n) is 24.0. The topological polar surface area (TPSA) is 51.7 Å². The maximum Gasteiger partial charge on any atom is 0.338 e. The Morgan fingerprint density at radius 1 is 0.900 bits per heavy atom. The lowest BCUT2D eigenvalue weighted by Gasteiger charge is -2.30. The fourth-order valence-electron chi connectivity index (χ4n) is 5.57. The highest BCUT2D eigenvalue weighted by Gasteiger charge is 2.22. The third-order valence-electron chi connectivity index (χ3n) is 7.73. The van der Waals surface area contributed by atoms with E-state index in [1.165, 1.54) is 27.8 Å². The van der Waals surface area contributed by atoms with Crippen LogP contribution >= 0.6 is 0 Å². The molecule has 1 aromatic heterocycles. The molecule has 206 valence electrons. The van der Waals surface area contributed by atoms with Crippen molar-refractivity contribution in [2.24, 2.45) is 0 Å². The molecule has 0 amide bonds. The van der Waals surface area contributed by atoms with Crippen LogP contribution in [0.4, 0.5) is 0 Å². The number of aryl methyl sites for hydroxylation is 3. The van der Waals surface area contributed by atoms with Crippen molar-refractivity contribution in [1.29, 1.82) is 0 Å². The van der Waals surface area contributed by atoms with E-state index >= 15 is 0 Å². The molecule has 40 heavy (non-hydrogen) atoms. The largest absolute Gasteiger partial charge is 0.462 e. The van der Waals surface area contributed by atoms with Gasteiger partial charge >= 0.3 is 5.97 Å². The molecule has 0 saturated heterocycles. The third-order valence-corrected chi connectivity index (χ3v) is 7.73. The number of nitrogens with zero attached hydrogens (tertiary/aromatic N) is 2. The molecule has 0 fully saturated rings. The lowest BCUT2D eigenvalue weighted by atomic mass is 9.94. The van der Waals surface area contributed by atoms with Gasteiger partial charge in [-0.15, -0.1) is 0 Å². The molecule has 0 saturated carbocycles. The number of benzene rings is 3. The zero-order valence-corrected chi connectivity index (χ0v) is 24.0. The van der Waals surface area contributed by atoms with E-state index in [9.17, 15) is 4.79 Å². The van der Waals surface area contributed by atoms with Gasteiger partial charge < -0.3 is 9.47 Å². The number of hydrogen-bond acceptors (Lipinski definition) is 5. The van der Waals surface area contributed by atoms with Gasteiger partial charge in [0.25, 0.3) is 0 Å². The molecule has 5 rings (SSSR count). The summed E-state index contributed by atoms with van der Waals surface area (Å²) in [5.74, 6) is 1.15. The van der Waals surface area contributed by atoms with Gasteiger partial charge in [-0.25, -0.2) is 4.79 Å². The zero-order chi connectivity index (χ0) is 28.1. The smallest absolute Gasteiger partial charge is 0.338 e. The van der Waals surface area contributed by atoms with Crippen LogP contribution in [-0.2, 0) is 37.1 Å². The second-order valence-corrected chi connectivity index (χ2v) is 10.3. The van der Waals surface area contributed by atoms with E-state index in [0.717, 1.165) is 61.6 Å². The summed E-state index contributed by atoms with van der Waals surface area (Å²) in [5.41, 5.74) is 10.1. The monoisotopic (exact) mass is 534 g/mol. The Bertz CT molecular complexity index is 1470. The van der Waals surface area contributed by atoms with Crippen LogP contribution in [0, 0.1) is 6.92 Å². The van der Waals surface area contributed by atoms with Crippen LogP contribution in [0.25, 0.3) is 11.3 Å². The van der Waals surface area contributed by atoms with Gasteiger partial charge in [0.1, 0.15) is 11.5 Å². The predicted molar refractivity (Wildman–Crippen MR) is 160 cm³/mol. The highest BCUT2D eigenvalue weighted by Crippen LogP contribution is 2.36. The van der Waals surface area contributed by atoms with Gasteiger partial charge in [0.05, 0.1) is 17.9 Å². The summed E-state index contributed by atoms with van der Waals surface area (Å²) < 4.78 is 11.7. The molecule has 1 aliphatic heterocycles. The van der Waals surface area contributed by atoms with Crippen molar-refractivity contribution in [3.05, 3.63) is 112 Å². The molecule has 5 nitrogen and oxygen atoms in total. The van der Waals surface area contributed by atoms with E-state index in [1.807, 2.05) is 19.1 Å². The fraction of sp³-hybridized carbons (Fsp3) is 0.314. The van der Waals surface area contributed by atoms with Crippen LogP contribution < -0.4 is 4.74 Å². The minimum absolute atomic E-state index is 0.328. The van der Waals surface area contributed by atoms with Crippen molar-refractivity contribution in [3.63, 3.8) is 0 Å². The molecule has 0 radical (unpaired) electrons. The van der Waals surface area contributed by atoms with Crippen LogP contribution in [0.15, 0.2) is 72.8 Å². The molecule has 0 atom stereocenters. The number of fused-ring (bicyclic) bond motifs is 1. The number of carbonyl (C=O) groups is 1. The standard InChI is InChI=1S/C35H38N2O3/c1-5-25-13-10-14-26(6-2)34(25)32-21-33(40-30-17-15-28(16-18-30)35(38)39-7-3)31(24(4)36-32)23-37-20-19-27-11-8-9-12-29(27)22-37/h8-18,21H,5-7,19-20,22-23H2,1-4H3. The van der Waals surface area contributed by atoms with Gasteiger partial charge in [-0.05, 0) is 79.6 Å². The fourth-order valence-corrected chi connectivity index (χ4v) is 5.57. The first-order valence-electron chi connectivity index (χ1n) is 14.4. The molecule has 0 bridgehead atoms. The van der Waals surface area contributed by atoms with Crippen molar-refractivity contribution in [2.75, 3.05) is 13.2 Å². The second-order valence-electron chi connectivity index (χ2n) is 10.3. The summed E-state index contributed by atoms with van der Waals surface area (Å²) in [5, 5.41) is 0. The highest BCUT2D eigenvalue weighted by atomic mass is 16.5. The van der Waals surface area contributed by atoms with Crippen molar-refractivity contribution in [1.82, 2.24) is 9.88 Å². The number of hydrogen-bond donors (Lipinski definition) is 0. The maximum atomic E-state index is 12.2. The normalized spacial score (nSPS) is 13.1. The van der Waals surface area contributed by atoms with Gasteiger partial charge in [0.2, 0.25) is 0 Å². The molecule has 5 heteroatoms. The Kier molecular flexibility index (Phi) is 8.61. The van der Waals surface area contributed by atoms with Crippen molar-refractivity contribution < 1.29 is 14.3 Å². The molecule has 0 spiro atoms.